The molecule has 0 aliphatic heterocycles. The van der Waals surface area contributed by atoms with Crippen LogP contribution in [0.25, 0.3) is 0 Å². The zero-order valence-electron chi connectivity index (χ0n) is 11.6. The van der Waals surface area contributed by atoms with Crippen LogP contribution in [0.1, 0.15) is 56.4 Å². The molecule has 0 spiro atoms. The van der Waals surface area contributed by atoms with Gasteiger partial charge in [-0.3, -0.25) is 0 Å². The third kappa shape index (κ3) is 3.48. The minimum absolute atomic E-state index is 0.530. The Bertz CT molecular complexity index is 342. The van der Waals surface area contributed by atoms with E-state index in [0.29, 0.717) is 6.04 Å². The van der Waals surface area contributed by atoms with Gasteiger partial charge in [-0.2, -0.15) is 0 Å². The first-order valence-electron chi connectivity index (χ1n) is 7.21. The van der Waals surface area contributed by atoms with Gasteiger partial charge in [-0.1, -0.05) is 32.6 Å². The molecule has 2 nitrogen and oxygen atoms in total. The minimum atomic E-state index is 0.530. The largest absolute Gasteiger partial charge is 0.496 e. The number of nitrogens with one attached hydrogen (secondary N) is 1. The van der Waals surface area contributed by atoms with Crippen molar-refractivity contribution in [2.45, 2.75) is 51.5 Å². The summed E-state index contributed by atoms with van der Waals surface area (Å²) >= 11 is 1.84. The van der Waals surface area contributed by atoms with E-state index in [2.05, 4.69) is 23.7 Å². The molecule has 1 fully saturated rings. The molecule has 1 aromatic heterocycles. The van der Waals surface area contributed by atoms with Gasteiger partial charge < -0.3 is 10.1 Å². The summed E-state index contributed by atoms with van der Waals surface area (Å²) in [5.41, 5.74) is 0. The summed E-state index contributed by atoms with van der Waals surface area (Å²) in [4.78, 5) is 1.45. The molecule has 1 aliphatic rings. The van der Waals surface area contributed by atoms with Crippen molar-refractivity contribution < 1.29 is 4.74 Å². The third-order valence-corrected chi connectivity index (χ3v) is 4.93. The van der Waals surface area contributed by atoms with Gasteiger partial charge in [0.2, 0.25) is 0 Å². The summed E-state index contributed by atoms with van der Waals surface area (Å²) < 4.78 is 5.32. The molecule has 1 unspecified atom stereocenters. The lowest BCUT2D eigenvalue weighted by atomic mass is 9.91. The van der Waals surface area contributed by atoms with Crippen LogP contribution in [-0.2, 0) is 0 Å². The Labute approximate surface area is 115 Å². The van der Waals surface area contributed by atoms with Crippen LogP contribution in [0.4, 0.5) is 0 Å². The highest BCUT2D eigenvalue weighted by Gasteiger charge is 2.24. The number of ether oxygens (including phenoxy) is 1. The van der Waals surface area contributed by atoms with Crippen molar-refractivity contribution >= 4 is 11.3 Å². The van der Waals surface area contributed by atoms with Gasteiger partial charge in [-0.15, -0.1) is 11.3 Å². The van der Waals surface area contributed by atoms with E-state index in [1.807, 2.05) is 11.3 Å². The predicted molar refractivity (Wildman–Crippen MR) is 78.5 cm³/mol. The average molecular weight is 267 g/mol. The van der Waals surface area contributed by atoms with Crippen molar-refractivity contribution in [1.82, 2.24) is 5.32 Å². The van der Waals surface area contributed by atoms with Crippen LogP contribution in [0.2, 0.25) is 0 Å². The van der Waals surface area contributed by atoms with Gasteiger partial charge in [0, 0.05) is 16.3 Å². The third-order valence-electron chi connectivity index (χ3n) is 3.93. The second-order valence-electron chi connectivity index (χ2n) is 5.18. The highest BCUT2D eigenvalue weighted by molar-refractivity contribution is 7.10. The van der Waals surface area contributed by atoms with Gasteiger partial charge in [-0.05, 0) is 31.4 Å². The Morgan fingerprint density at radius 3 is 2.61 bits per heavy atom. The monoisotopic (exact) mass is 267 g/mol. The molecule has 3 heteroatoms. The molecule has 18 heavy (non-hydrogen) atoms. The fourth-order valence-corrected chi connectivity index (χ4v) is 3.99. The van der Waals surface area contributed by atoms with E-state index >= 15 is 0 Å². The summed E-state index contributed by atoms with van der Waals surface area (Å²) in [7, 11) is 1.75. The summed E-state index contributed by atoms with van der Waals surface area (Å²) in [6.07, 6.45) is 8.38. The molecule has 0 saturated heterocycles. The Hall–Kier alpha value is -0.540. The smallest absolute Gasteiger partial charge is 0.129 e. The zero-order chi connectivity index (χ0) is 12.8. The van der Waals surface area contributed by atoms with Crippen LogP contribution < -0.4 is 10.1 Å². The van der Waals surface area contributed by atoms with Gasteiger partial charge in [0.1, 0.15) is 5.75 Å². The summed E-state index contributed by atoms with van der Waals surface area (Å²) in [6.45, 7) is 3.25. The van der Waals surface area contributed by atoms with Gasteiger partial charge in [0.25, 0.3) is 0 Å². The zero-order valence-corrected chi connectivity index (χ0v) is 12.4. The number of thiophene rings is 1. The fraction of sp³-hybridized carbons (Fsp3) is 0.733. The molecule has 0 amide bonds. The lowest BCUT2D eigenvalue weighted by molar-refractivity contribution is 0.333. The van der Waals surface area contributed by atoms with Gasteiger partial charge in [0.05, 0.1) is 7.11 Å². The Balaban J connectivity index is 2.10. The molecular formula is C15H25NOS. The first-order chi connectivity index (χ1) is 8.85. The lowest BCUT2D eigenvalue weighted by Crippen LogP contribution is -2.27. The van der Waals surface area contributed by atoms with Crippen LogP contribution in [0.3, 0.4) is 0 Å². The number of hydrogen-bond donors (Lipinski definition) is 1. The van der Waals surface area contributed by atoms with E-state index in [0.717, 1.165) is 18.2 Å². The van der Waals surface area contributed by atoms with Crippen LogP contribution in [-0.4, -0.2) is 13.7 Å². The van der Waals surface area contributed by atoms with Crippen LogP contribution >= 0.6 is 11.3 Å². The van der Waals surface area contributed by atoms with E-state index in [1.165, 1.54) is 43.4 Å². The molecule has 1 saturated carbocycles. The molecule has 0 radical (unpaired) electrons. The molecule has 0 aromatic carbocycles. The van der Waals surface area contributed by atoms with Crippen LogP contribution in [0.15, 0.2) is 11.4 Å². The van der Waals surface area contributed by atoms with Gasteiger partial charge in [0.15, 0.2) is 0 Å². The van der Waals surface area contributed by atoms with E-state index in [1.54, 1.807) is 7.11 Å². The molecule has 1 aromatic rings. The quantitative estimate of drug-likeness (QED) is 0.799. The van der Waals surface area contributed by atoms with Crippen molar-refractivity contribution in [3.8, 4) is 5.75 Å². The standard InChI is InChI=1S/C15H25NOS/c1-3-16-15(12-8-6-4-5-7-9-12)14-10-13(17-2)11-18-14/h10-12,15-16H,3-9H2,1-2H3. The number of rotatable bonds is 5. The van der Waals surface area contributed by atoms with Crippen molar-refractivity contribution in [1.29, 1.82) is 0 Å². The molecule has 1 atom stereocenters. The van der Waals surface area contributed by atoms with Gasteiger partial charge in [-0.25, -0.2) is 0 Å². The second-order valence-corrected chi connectivity index (χ2v) is 6.12. The highest BCUT2D eigenvalue weighted by Crippen LogP contribution is 2.37. The maximum Gasteiger partial charge on any atom is 0.129 e. The van der Waals surface area contributed by atoms with Crippen LogP contribution in [0, 0.1) is 5.92 Å². The first kappa shape index (κ1) is 13.9. The summed E-state index contributed by atoms with van der Waals surface area (Å²) in [6, 6.07) is 2.74. The molecule has 102 valence electrons. The van der Waals surface area contributed by atoms with Crippen molar-refractivity contribution in [2.75, 3.05) is 13.7 Å². The van der Waals surface area contributed by atoms with Crippen molar-refractivity contribution in [3.63, 3.8) is 0 Å². The number of hydrogen-bond acceptors (Lipinski definition) is 3. The van der Waals surface area contributed by atoms with Crippen molar-refractivity contribution in [2.24, 2.45) is 5.92 Å². The van der Waals surface area contributed by atoms with Gasteiger partial charge >= 0.3 is 0 Å². The molecule has 1 heterocycles. The topological polar surface area (TPSA) is 21.3 Å². The molecule has 2 rings (SSSR count). The Morgan fingerprint density at radius 2 is 2.06 bits per heavy atom. The predicted octanol–water partition coefficient (Wildman–Crippen LogP) is 4.38. The molecular weight excluding hydrogens is 242 g/mol. The van der Waals surface area contributed by atoms with E-state index in [4.69, 9.17) is 4.74 Å². The van der Waals surface area contributed by atoms with Crippen LogP contribution in [0.5, 0.6) is 5.75 Å². The molecule has 0 bridgehead atoms. The fourth-order valence-electron chi connectivity index (χ4n) is 2.97. The number of methoxy groups -OCH3 is 1. The first-order valence-corrected chi connectivity index (χ1v) is 8.09. The Morgan fingerprint density at radius 1 is 1.33 bits per heavy atom. The maximum atomic E-state index is 5.32. The average Bonchev–Trinajstić information content (AvgIpc) is 2.70. The Kier molecular flexibility index (Phi) is 5.51. The minimum Gasteiger partial charge on any atom is -0.496 e. The van der Waals surface area contributed by atoms with E-state index in [-0.39, 0.29) is 0 Å². The summed E-state index contributed by atoms with van der Waals surface area (Å²) in [5.74, 6) is 1.81. The second kappa shape index (κ2) is 7.15. The summed E-state index contributed by atoms with van der Waals surface area (Å²) in [5, 5.41) is 5.81. The molecule has 1 aliphatic carbocycles. The lowest BCUT2D eigenvalue weighted by Gasteiger charge is -2.26. The van der Waals surface area contributed by atoms with E-state index in [9.17, 15) is 0 Å². The SMILES string of the molecule is CCNC(c1cc(OC)cs1)C1CCCCCC1. The highest BCUT2D eigenvalue weighted by atomic mass is 32.1. The normalized spacial score (nSPS) is 19.4. The van der Waals surface area contributed by atoms with E-state index < -0.39 is 0 Å². The van der Waals surface area contributed by atoms with Crippen molar-refractivity contribution in [3.05, 3.63) is 16.3 Å². The maximum absolute atomic E-state index is 5.32. The molecule has 1 N–H and O–H groups in total.